The minimum absolute atomic E-state index is 0.0205. The fourth-order valence-corrected chi connectivity index (χ4v) is 2.56. The van der Waals surface area contributed by atoms with Gasteiger partial charge in [0.25, 0.3) is 0 Å². The summed E-state index contributed by atoms with van der Waals surface area (Å²) >= 11 is 0. The second kappa shape index (κ2) is 7.17. The van der Waals surface area contributed by atoms with Gasteiger partial charge in [0, 0.05) is 32.9 Å². The van der Waals surface area contributed by atoms with Crippen LogP contribution in [0.25, 0.3) is 0 Å². The lowest BCUT2D eigenvalue weighted by Gasteiger charge is -2.21. The van der Waals surface area contributed by atoms with E-state index in [0.717, 1.165) is 12.1 Å². The van der Waals surface area contributed by atoms with Gasteiger partial charge in [-0.1, -0.05) is 6.07 Å². The van der Waals surface area contributed by atoms with E-state index in [1.54, 1.807) is 18.1 Å². The van der Waals surface area contributed by atoms with Gasteiger partial charge in [-0.25, -0.2) is 0 Å². The number of carbonyl (C=O) groups is 2. The maximum Gasteiger partial charge on any atom is 0.236 e. The van der Waals surface area contributed by atoms with Crippen LogP contribution in [0.4, 0.5) is 0 Å². The fraction of sp³-hybridized carbons (Fsp3) is 0.533. The Morgan fingerprint density at radius 2 is 2.29 bits per heavy atom. The van der Waals surface area contributed by atoms with Crippen LogP contribution in [-0.2, 0) is 16.1 Å². The van der Waals surface area contributed by atoms with Gasteiger partial charge < -0.3 is 10.2 Å². The molecule has 1 aliphatic rings. The maximum atomic E-state index is 12.2. The Labute approximate surface area is 125 Å². The van der Waals surface area contributed by atoms with E-state index in [2.05, 4.69) is 10.3 Å². The third-order valence-corrected chi connectivity index (χ3v) is 3.72. The second-order valence-electron chi connectivity index (χ2n) is 5.43. The first-order valence-electron chi connectivity index (χ1n) is 7.18. The molecule has 0 aliphatic carbocycles. The van der Waals surface area contributed by atoms with Gasteiger partial charge in [0.05, 0.1) is 18.2 Å². The van der Waals surface area contributed by atoms with Crippen molar-refractivity contribution in [3.63, 3.8) is 0 Å². The standard InChI is InChI=1S/C15H22N4O2/c1-16-15(21)12-6-8-19(9-12)14(20)11-18(2)10-13-5-3-4-7-17-13/h3-5,7,12H,6,8-11H2,1-2H3,(H,16,21)/t12-/m1/s1. The molecule has 21 heavy (non-hydrogen) atoms. The molecule has 6 heteroatoms. The summed E-state index contributed by atoms with van der Waals surface area (Å²) < 4.78 is 0. The third kappa shape index (κ3) is 4.26. The minimum atomic E-state index is -0.0694. The number of likely N-dealkylation sites (tertiary alicyclic amines) is 1. The molecule has 1 atom stereocenters. The summed E-state index contributed by atoms with van der Waals surface area (Å²) in [7, 11) is 3.53. The highest BCUT2D eigenvalue weighted by Gasteiger charge is 2.30. The van der Waals surface area contributed by atoms with Crippen molar-refractivity contribution in [3.05, 3.63) is 30.1 Å². The van der Waals surface area contributed by atoms with E-state index in [1.807, 2.05) is 30.1 Å². The van der Waals surface area contributed by atoms with Gasteiger partial charge in [-0.05, 0) is 25.6 Å². The predicted octanol–water partition coefficient (Wildman–Crippen LogP) is 0.108. The molecular formula is C15H22N4O2. The Balaban J connectivity index is 1.80. The Morgan fingerprint density at radius 3 is 2.95 bits per heavy atom. The molecule has 6 nitrogen and oxygen atoms in total. The van der Waals surface area contributed by atoms with Crippen molar-refractivity contribution in [3.8, 4) is 0 Å². The number of rotatable bonds is 5. The van der Waals surface area contributed by atoms with Crippen LogP contribution in [0.1, 0.15) is 12.1 Å². The molecule has 0 saturated carbocycles. The first-order valence-corrected chi connectivity index (χ1v) is 7.18. The quantitative estimate of drug-likeness (QED) is 0.836. The third-order valence-electron chi connectivity index (χ3n) is 3.72. The number of likely N-dealkylation sites (N-methyl/N-ethyl adjacent to an activating group) is 1. The van der Waals surface area contributed by atoms with Crippen molar-refractivity contribution in [1.82, 2.24) is 20.1 Å². The summed E-state index contributed by atoms with van der Waals surface area (Å²) in [5.74, 6) is 0.0204. The molecular weight excluding hydrogens is 268 g/mol. The van der Waals surface area contributed by atoms with E-state index >= 15 is 0 Å². The molecule has 1 N–H and O–H groups in total. The molecule has 114 valence electrons. The van der Waals surface area contributed by atoms with Crippen LogP contribution in [0, 0.1) is 5.92 Å². The maximum absolute atomic E-state index is 12.2. The molecule has 1 saturated heterocycles. The SMILES string of the molecule is CNC(=O)[C@@H]1CCN(C(=O)CN(C)Cc2ccccn2)C1. The first-order chi connectivity index (χ1) is 10.1. The number of hydrogen-bond acceptors (Lipinski definition) is 4. The zero-order valence-electron chi connectivity index (χ0n) is 12.6. The van der Waals surface area contributed by atoms with Gasteiger partial charge in [0.2, 0.25) is 11.8 Å². The average molecular weight is 290 g/mol. The number of aromatic nitrogens is 1. The van der Waals surface area contributed by atoms with E-state index < -0.39 is 0 Å². The van der Waals surface area contributed by atoms with Crippen LogP contribution >= 0.6 is 0 Å². The van der Waals surface area contributed by atoms with Gasteiger partial charge in [0.1, 0.15) is 0 Å². The lowest BCUT2D eigenvalue weighted by molar-refractivity contribution is -0.131. The molecule has 1 aromatic heterocycles. The Hall–Kier alpha value is -1.95. The largest absolute Gasteiger partial charge is 0.359 e. The summed E-state index contributed by atoms with van der Waals surface area (Å²) in [6, 6.07) is 5.75. The zero-order valence-corrected chi connectivity index (χ0v) is 12.6. The second-order valence-corrected chi connectivity index (χ2v) is 5.43. The topological polar surface area (TPSA) is 65.5 Å². The van der Waals surface area contributed by atoms with E-state index in [1.165, 1.54) is 0 Å². The van der Waals surface area contributed by atoms with Crippen LogP contribution in [0.15, 0.2) is 24.4 Å². The zero-order chi connectivity index (χ0) is 15.2. The molecule has 2 rings (SSSR count). The van der Waals surface area contributed by atoms with Crippen LogP contribution in [0.5, 0.6) is 0 Å². The van der Waals surface area contributed by atoms with Gasteiger partial charge in [0.15, 0.2) is 0 Å². The van der Waals surface area contributed by atoms with Crippen molar-refractivity contribution >= 4 is 11.8 Å². The van der Waals surface area contributed by atoms with Crippen LogP contribution in [0.3, 0.4) is 0 Å². The average Bonchev–Trinajstić information content (AvgIpc) is 2.97. The normalized spacial score (nSPS) is 18.0. The highest BCUT2D eigenvalue weighted by atomic mass is 16.2. The number of carbonyl (C=O) groups excluding carboxylic acids is 2. The molecule has 2 heterocycles. The number of hydrogen-bond donors (Lipinski definition) is 1. The van der Waals surface area contributed by atoms with Crippen LogP contribution in [0.2, 0.25) is 0 Å². The molecule has 1 aliphatic heterocycles. The Morgan fingerprint density at radius 1 is 1.48 bits per heavy atom. The minimum Gasteiger partial charge on any atom is -0.359 e. The van der Waals surface area contributed by atoms with Crippen molar-refractivity contribution in [2.24, 2.45) is 5.92 Å². The van der Waals surface area contributed by atoms with E-state index in [-0.39, 0.29) is 17.7 Å². The molecule has 0 bridgehead atoms. The molecule has 0 radical (unpaired) electrons. The molecule has 1 fully saturated rings. The predicted molar refractivity (Wildman–Crippen MR) is 79.3 cm³/mol. The highest BCUT2D eigenvalue weighted by Crippen LogP contribution is 2.16. The van der Waals surface area contributed by atoms with E-state index in [4.69, 9.17) is 0 Å². The highest BCUT2D eigenvalue weighted by molar-refractivity contribution is 5.82. The lowest BCUT2D eigenvalue weighted by Crippen LogP contribution is -2.38. The smallest absolute Gasteiger partial charge is 0.236 e. The van der Waals surface area contributed by atoms with Crippen molar-refractivity contribution in [2.75, 3.05) is 33.7 Å². The van der Waals surface area contributed by atoms with Gasteiger partial charge in [-0.3, -0.25) is 19.5 Å². The van der Waals surface area contributed by atoms with Gasteiger partial charge in [-0.15, -0.1) is 0 Å². The van der Waals surface area contributed by atoms with Crippen molar-refractivity contribution < 1.29 is 9.59 Å². The summed E-state index contributed by atoms with van der Waals surface area (Å²) in [6.07, 6.45) is 2.49. The van der Waals surface area contributed by atoms with Crippen LogP contribution in [-0.4, -0.2) is 60.3 Å². The Kier molecular flexibility index (Phi) is 5.27. The number of nitrogens with zero attached hydrogens (tertiary/aromatic N) is 3. The number of nitrogens with one attached hydrogen (secondary N) is 1. The van der Waals surface area contributed by atoms with Gasteiger partial charge in [-0.2, -0.15) is 0 Å². The van der Waals surface area contributed by atoms with Crippen molar-refractivity contribution in [2.45, 2.75) is 13.0 Å². The lowest BCUT2D eigenvalue weighted by atomic mass is 10.1. The van der Waals surface area contributed by atoms with E-state index in [0.29, 0.717) is 26.2 Å². The summed E-state index contributed by atoms with van der Waals surface area (Å²) in [6.45, 7) is 2.17. The van der Waals surface area contributed by atoms with Crippen LogP contribution < -0.4 is 5.32 Å². The fourth-order valence-electron chi connectivity index (χ4n) is 2.56. The Bertz CT molecular complexity index is 492. The monoisotopic (exact) mass is 290 g/mol. The molecule has 0 aromatic carbocycles. The molecule has 0 spiro atoms. The first kappa shape index (κ1) is 15.4. The number of amides is 2. The molecule has 1 aromatic rings. The summed E-state index contributed by atoms with van der Waals surface area (Å²) in [5.41, 5.74) is 0.942. The molecule has 2 amide bonds. The number of pyridine rings is 1. The summed E-state index contributed by atoms with van der Waals surface area (Å²) in [5, 5.41) is 2.64. The van der Waals surface area contributed by atoms with Gasteiger partial charge >= 0.3 is 0 Å². The molecule has 0 unspecified atom stereocenters. The summed E-state index contributed by atoms with van der Waals surface area (Å²) in [4.78, 5) is 31.8. The van der Waals surface area contributed by atoms with Crippen molar-refractivity contribution in [1.29, 1.82) is 0 Å². The van der Waals surface area contributed by atoms with E-state index in [9.17, 15) is 9.59 Å².